The number of carbonyl (C=O) groups is 4. The molecule has 0 bridgehead atoms. The van der Waals surface area contributed by atoms with Gasteiger partial charge in [-0.05, 0) is 79.2 Å². The number of benzene rings is 1. The first kappa shape index (κ1) is 30.9. The lowest BCUT2D eigenvalue weighted by molar-refractivity contribution is -0.155. The largest absolute Gasteiger partial charge is 0.459 e. The van der Waals surface area contributed by atoms with Crippen LogP contribution in [0, 0.1) is 0 Å². The van der Waals surface area contributed by atoms with Gasteiger partial charge in [0.1, 0.15) is 29.9 Å². The predicted molar refractivity (Wildman–Crippen MR) is 142 cm³/mol. The predicted octanol–water partition coefficient (Wildman–Crippen LogP) is 4.31. The molecule has 10 nitrogen and oxygen atoms in total. The van der Waals surface area contributed by atoms with Crippen molar-refractivity contribution in [2.24, 2.45) is 0 Å². The van der Waals surface area contributed by atoms with Crippen molar-refractivity contribution in [3.8, 4) is 0 Å². The molecule has 38 heavy (non-hydrogen) atoms. The zero-order valence-electron chi connectivity index (χ0n) is 23.5. The second kappa shape index (κ2) is 14.0. The first-order chi connectivity index (χ1) is 17.7. The molecule has 0 aromatic heterocycles. The van der Waals surface area contributed by atoms with Crippen molar-refractivity contribution in [1.82, 2.24) is 15.5 Å². The van der Waals surface area contributed by atoms with Gasteiger partial charge in [-0.1, -0.05) is 30.3 Å². The fourth-order valence-electron chi connectivity index (χ4n) is 3.99. The van der Waals surface area contributed by atoms with Gasteiger partial charge in [-0.3, -0.25) is 4.79 Å². The van der Waals surface area contributed by atoms with Crippen LogP contribution >= 0.6 is 0 Å². The SMILES string of the molecule is CC(C)(C)OC(=O)NCCCC[C@H](NC(=O)OC(C)(C)C)C(=O)N1CCC[C@H]1C(=O)OCc1ccccc1. The maximum absolute atomic E-state index is 13.5. The summed E-state index contributed by atoms with van der Waals surface area (Å²) in [5, 5.41) is 5.37. The Hall–Kier alpha value is -3.30. The maximum atomic E-state index is 13.5. The first-order valence-corrected chi connectivity index (χ1v) is 13.2. The molecule has 1 aromatic carbocycles. The van der Waals surface area contributed by atoms with Crippen LogP contribution < -0.4 is 10.6 Å². The van der Waals surface area contributed by atoms with Crippen molar-refractivity contribution in [2.45, 2.75) is 104 Å². The quantitative estimate of drug-likeness (QED) is 0.261. The minimum Gasteiger partial charge on any atom is -0.459 e. The van der Waals surface area contributed by atoms with Gasteiger partial charge in [-0.15, -0.1) is 0 Å². The maximum Gasteiger partial charge on any atom is 0.408 e. The van der Waals surface area contributed by atoms with Gasteiger partial charge in [-0.25, -0.2) is 14.4 Å². The molecule has 212 valence electrons. The van der Waals surface area contributed by atoms with Gasteiger partial charge in [0.05, 0.1) is 0 Å². The Morgan fingerprint density at radius 3 is 2.21 bits per heavy atom. The van der Waals surface area contributed by atoms with Gasteiger partial charge in [0.2, 0.25) is 5.91 Å². The molecule has 1 aliphatic heterocycles. The third-order valence-electron chi connectivity index (χ3n) is 5.61. The lowest BCUT2D eigenvalue weighted by atomic mass is 10.1. The number of unbranched alkanes of at least 4 members (excludes halogenated alkanes) is 1. The number of hydrogen-bond acceptors (Lipinski definition) is 7. The number of nitrogens with zero attached hydrogens (tertiary/aromatic N) is 1. The Bertz CT molecular complexity index is 938. The summed E-state index contributed by atoms with van der Waals surface area (Å²) in [6, 6.07) is 7.76. The Morgan fingerprint density at radius 1 is 0.947 bits per heavy atom. The monoisotopic (exact) mass is 533 g/mol. The van der Waals surface area contributed by atoms with Gasteiger partial charge in [0, 0.05) is 13.1 Å². The summed E-state index contributed by atoms with van der Waals surface area (Å²) in [4.78, 5) is 52.2. The second-order valence-electron chi connectivity index (χ2n) is 11.4. The van der Waals surface area contributed by atoms with E-state index in [-0.39, 0.29) is 12.5 Å². The van der Waals surface area contributed by atoms with Gasteiger partial charge in [-0.2, -0.15) is 0 Å². The number of alkyl carbamates (subject to hydrolysis) is 2. The zero-order chi connectivity index (χ0) is 28.3. The molecule has 1 heterocycles. The Kier molecular flexibility index (Phi) is 11.4. The van der Waals surface area contributed by atoms with E-state index in [4.69, 9.17) is 14.2 Å². The van der Waals surface area contributed by atoms with Gasteiger partial charge < -0.3 is 29.7 Å². The molecule has 0 unspecified atom stereocenters. The first-order valence-electron chi connectivity index (χ1n) is 13.2. The number of esters is 1. The lowest BCUT2D eigenvalue weighted by Gasteiger charge is -2.29. The minimum atomic E-state index is -0.881. The molecule has 1 saturated heterocycles. The van der Waals surface area contributed by atoms with Crippen molar-refractivity contribution in [3.05, 3.63) is 35.9 Å². The molecule has 0 spiro atoms. The van der Waals surface area contributed by atoms with Crippen molar-refractivity contribution in [3.63, 3.8) is 0 Å². The highest BCUT2D eigenvalue weighted by molar-refractivity contribution is 5.90. The number of carbonyl (C=O) groups excluding carboxylic acids is 4. The highest BCUT2D eigenvalue weighted by Crippen LogP contribution is 2.22. The van der Waals surface area contributed by atoms with Crippen LogP contribution in [0.25, 0.3) is 0 Å². The highest BCUT2D eigenvalue weighted by Gasteiger charge is 2.38. The van der Waals surface area contributed by atoms with E-state index in [9.17, 15) is 19.2 Å². The van der Waals surface area contributed by atoms with Crippen LogP contribution in [-0.4, -0.2) is 65.3 Å². The summed E-state index contributed by atoms with van der Waals surface area (Å²) in [5.41, 5.74) is -0.457. The van der Waals surface area contributed by atoms with Gasteiger partial charge in [0.25, 0.3) is 0 Å². The molecule has 0 radical (unpaired) electrons. The van der Waals surface area contributed by atoms with Gasteiger partial charge in [0.15, 0.2) is 0 Å². The van der Waals surface area contributed by atoms with E-state index < -0.39 is 41.4 Å². The number of amides is 3. The number of ether oxygens (including phenoxy) is 3. The fourth-order valence-corrected chi connectivity index (χ4v) is 3.99. The average Bonchev–Trinajstić information content (AvgIpc) is 3.29. The number of rotatable bonds is 10. The summed E-state index contributed by atoms with van der Waals surface area (Å²) >= 11 is 0. The molecule has 2 N–H and O–H groups in total. The summed E-state index contributed by atoms with van der Waals surface area (Å²) in [5.74, 6) is -0.813. The van der Waals surface area contributed by atoms with E-state index in [1.165, 1.54) is 4.90 Å². The van der Waals surface area contributed by atoms with E-state index >= 15 is 0 Å². The summed E-state index contributed by atoms with van der Waals surface area (Å²) in [7, 11) is 0. The third kappa shape index (κ3) is 11.4. The third-order valence-corrected chi connectivity index (χ3v) is 5.61. The Labute approximate surface area is 225 Å². The molecule has 2 rings (SSSR count). The van der Waals surface area contributed by atoms with E-state index in [0.29, 0.717) is 45.2 Å². The van der Waals surface area contributed by atoms with Crippen molar-refractivity contribution < 1.29 is 33.4 Å². The van der Waals surface area contributed by atoms with Crippen LogP contribution in [0.5, 0.6) is 0 Å². The van der Waals surface area contributed by atoms with Crippen LogP contribution in [0.1, 0.15) is 79.2 Å². The van der Waals surface area contributed by atoms with E-state index in [0.717, 1.165) is 5.56 Å². The molecule has 0 saturated carbocycles. The van der Waals surface area contributed by atoms with Gasteiger partial charge >= 0.3 is 18.2 Å². The van der Waals surface area contributed by atoms with Crippen LogP contribution in [0.15, 0.2) is 30.3 Å². The molecule has 1 aromatic rings. The number of likely N-dealkylation sites (tertiary alicyclic amines) is 1. The molecular weight excluding hydrogens is 490 g/mol. The standard InChI is InChI=1S/C28H43N3O7/c1-27(2,3)37-25(34)29-17-11-10-15-21(30-26(35)38-28(4,5)6)23(32)31-18-12-16-22(31)24(33)36-19-20-13-8-7-9-14-20/h7-9,13-14,21-22H,10-12,15-19H2,1-6H3,(H,29,34)(H,30,35)/t21-,22-/m0/s1. The topological polar surface area (TPSA) is 123 Å². The van der Waals surface area contributed by atoms with Crippen molar-refractivity contribution >= 4 is 24.1 Å². The normalized spacial score (nSPS) is 16.4. The minimum absolute atomic E-state index is 0.127. The lowest BCUT2D eigenvalue weighted by Crippen LogP contribution is -2.52. The number of hydrogen-bond donors (Lipinski definition) is 2. The van der Waals surface area contributed by atoms with Crippen molar-refractivity contribution in [2.75, 3.05) is 13.1 Å². The highest BCUT2D eigenvalue weighted by atomic mass is 16.6. The zero-order valence-corrected chi connectivity index (χ0v) is 23.5. The molecule has 1 aliphatic rings. The Balaban J connectivity index is 1.98. The summed E-state index contributed by atoms with van der Waals surface area (Å²) in [6.07, 6.45) is 1.38. The average molecular weight is 534 g/mol. The van der Waals surface area contributed by atoms with Crippen molar-refractivity contribution in [1.29, 1.82) is 0 Å². The smallest absolute Gasteiger partial charge is 0.408 e. The van der Waals surface area contributed by atoms with Crippen LogP contribution in [0.2, 0.25) is 0 Å². The fraction of sp³-hybridized carbons (Fsp3) is 0.643. The van der Waals surface area contributed by atoms with Crippen LogP contribution in [0.3, 0.4) is 0 Å². The van der Waals surface area contributed by atoms with Crippen LogP contribution in [-0.2, 0) is 30.4 Å². The Morgan fingerprint density at radius 2 is 1.58 bits per heavy atom. The van der Waals surface area contributed by atoms with E-state index in [1.807, 2.05) is 30.3 Å². The molecule has 3 amide bonds. The molecule has 0 aliphatic carbocycles. The van der Waals surface area contributed by atoms with E-state index in [2.05, 4.69) is 10.6 Å². The van der Waals surface area contributed by atoms with Crippen LogP contribution in [0.4, 0.5) is 9.59 Å². The molecule has 1 fully saturated rings. The molecule has 2 atom stereocenters. The van der Waals surface area contributed by atoms with E-state index in [1.54, 1.807) is 41.5 Å². The summed E-state index contributed by atoms with van der Waals surface area (Å²) in [6.45, 7) is 11.5. The molecular formula is C28H43N3O7. The summed E-state index contributed by atoms with van der Waals surface area (Å²) < 4.78 is 16.1. The molecule has 10 heteroatoms. The number of nitrogens with one attached hydrogen (secondary N) is 2. The second-order valence-corrected chi connectivity index (χ2v) is 11.4.